The molecule has 5 rings (SSSR count). The van der Waals surface area contributed by atoms with E-state index in [1.54, 1.807) is 0 Å². The molecule has 0 aliphatic carbocycles. The Balaban J connectivity index is 1.37. The SMILES string of the molecule is Cc1cc(CCc2cc(/C=C/CNC(=O)OC(C)(C)C)cc(CCc3cc(C)cc(-n4c(C)ccc4C)n3)c2)nc(-n2c(C)ccc2C)c1. The van der Waals surface area contributed by atoms with E-state index < -0.39 is 11.7 Å². The highest BCUT2D eigenvalue weighted by molar-refractivity contribution is 5.68. The quantitative estimate of drug-likeness (QED) is 0.154. The van der Waals surface area contributed by atoms with Crippen molar-refractivity contribution in [3.63, 3.8) is 0 Å². The van der Waals surface area contributed by atoms with Gasteiger partial charge in [0.25, 0.3) is 0 Å². The molecule has 0 aliphatic heterocycles. The zero-order valence-electron chi connectivity index (χ0n) is 30.6. The van der Waals surface area contributed by atoms with Crippen molar-refractivity contribution >= 4 is 12.2 Å². The fourth-order valence-corrected chi connectivity index (χ4v) is 6.36. The van der Waals surface area contributed by atoms with Crippen LogP contribution >= 0.6 is 0 Å². The fraction of sp³-hybridized carbons (Fsp3) is 0.357. The van der Waals surface area contributed by atoms with Crippen molar-refractivity contribution in [2.24, 2.45) is 0 Å². The number of amides is 1. The minimum absolute atomic E-state index is 0.386. The highest BCUT2D eigenvalue weighted by Gasteiger charge is 2.15. The second-order valence-electron chi connectivity index (χ2n) is 14.3. The monoisotopic (exact) mass is 657 g/mol. The van der Waals surface area contributed by atoms with Crippen LogP contribution in [0, 0.1) is 41.5 Å². The van der Waals surface area contributed by atoms with Gasteiger partial charge in [0.2, 0.25) is 0 Å². The molecule has 0 aliphatic rings. The van der Waals surface area contributed by atoms with E-state index in [4.69, 9.17) is 14.7 Å². The third-order valence-corrected chi connectivity index (χ3v) is 8.51. The number of aryl methyl sites for hydroxylation is 10. The van der Waals surface area contributed by atoms with Gasteiger partial charge in [0.05, 0.1) is 0 Å². The lowest BCUT2D eigenvalue weighted by Gasteiger charge is -2.19. The summed E-state index contributed by atoms with van der Waals surface area (Å²) in [7, 11) is 0. The summed E-state index contributed by atoms with van der Waals surface area (Å²) in [5.41, 5.74) is 12.4. The third kappa shape index (κ3) is 9.59. The fourth-order valence-electron chi connectivity index (χ4n) is 6.36. The Kier molecular flexibility index (Phi) is 10.9. The van der Waals surface area contributed by atoms with Gasteiger partial charge >= 0.3 is 6.09 Å². The molecule has 7 nitrogen and oxygen atoms in total. The Hall–Kier alpha value is -4.91. The number of hydrogen-bond acceptors (Lipinski definition) is 4. The van der Waals surface area contributed by atoms with Crippen LogP contribution in [0.3, 0.4) is 0 Å². The maximum absolute atomic E-state index is 12.2. The van der Waals surface area contributed by atoms with Crippen molar-refractivity contribution in [2.45, 2.75) is 93.6 Å². The summed E-state index contributed by atoms with van der Waals surface area (Å²) in [6.07, 6.45) is 7.02. The van der Waals surface area contributed by atoms with Gasteiger partial charge in [-0.3, -0.25) is 0 Å². The smallest absolute Gasteiger partial charge is 0.407 e. The van der Waals surface area contributed by atoms with Gasteiger partial charge < -0.3 is 19.2 Å². The van der Waals surface area contributed by atoms with Crippen LogP contribution < -0.4 is 5.32 Å². The molecular weight excluding hydrogens is 606 g/mol. The van der Waals surface area contributed by atoms with Gasteiger partial charge in [-0.1, -0.05) is 30.4 Å². The molecule has 0 fully saturated rings. The number of pyridine rings is 2. The average Bonchev–Trinajstić information content (AvgIpc) is 3.54. The van der Waals surface area contributed by atoms with Crippen molar-refractivity contribution in [2.75, 3.05) is 6.54 Å². The Bertz CT molecular complexity index is 1810. The number of nitrogens with zero attached hydrogens (tertiary/aromatic N) is 4. The first-order valence-electron chi connectivity index (χ1n) is 17.3. The number of carbonyl (C=O) groups excluding carboxylic acids is 1. The minimum atomic E-state index is -0.532. The second kappa shape index (κ2) is 15.1. The number of aromatic nitrogens is 4. The summed E-state index contributed by atoms with van der Waals surface area (Å²) in [6, 6.07) is 24.1. The van der Waals surface area contributed by atoms with Crippen LogP contribution in [0.2, 0.25) is 0 Å². The summed E-state index contributed by atoms with van der Waals surface area (Å²) in [4.78, 5) is 22.3. The van der Waals surface area contributed by atoms with Crippen LogP contribution in [0.1, 0.15) is 82.8 Å². The molecule has 0 saturated heterocycles. The first-order chi connectivity index (χ1) is 23.2. The molecule has 0 radical (unpaired) electrons. The zero-order valence-corrected chi connectivity index (χ0v) is 30.6. The standard InChI is InChI=1S/C42H51N5O2/c1-28-21-37(44-39(23-28)46-30(3)12-13-31(46)4)18-16-35-25-34(11-10-20-43-41(48)49-42(7,8)9)26-36(27-35)17-19-38-22-29(2)24-40(45-38)47-32(5)14-15-33(47)6/h10-15,21-27H,16-20H2,1-9H3,(H,43,48)/b11-10+. The number of hydrogen-bond donors (Lipinski definition) is 1. The number of rotatable bonds is 11. The van der Waals surface area contributed by atoms with Crippen LogP contribution in [0.15, 0.2) is 72.8 Å². The van der Waals surface area contributed by atoms with Gasteiger partial charge in [0.1, 0.15) is 17.2 Å². The molecule has 256 valence electrons. The number of carbonyl (C=O) groups is 1. The van der Waals surface area contributed by atoms with Crippen molar-refractivity contribution in [1.29, 1.82) is 0 Å². The number of nitrogens with one attached hydrogen (secondary N) is 1. The molecule has 1 aromatic carbocycles. The largest absolute Gasteiger partial charge is 0.444 e. The topological polar surface area (TPSA) is 74.0 Å². The van der Waals surface area contributed by atoms with Crippen LogP contribution in [-0.4, -0.2) is 37.3 Å². The lowest BCUT2D eigenvalue weighted by Crippen LogP contribution is -2.32. The summed E-state index contributed by atoms with van der Waals surface area (Å²) >= 11 is 0. The first-order valence-corrected chi connectivity index (χ1v) is 17.3. The Morgan fingerprint density at radius 3 is 1.55 bits per heavy atom. The lowest BCUT2D eigenvalue weighted by atomic mass is 9.97. The van der Waals surface area contributed by atoms with Gasteiger partial charge in [0.15, 0.2) is 0 Å². The molecule has 1 amide bonds. The number of ether oxygens (including phenoxy) is 1. The highest BCUT2D eigenvalue weighted by Crippen LogP contribution is 2.21. The van der Waals surface area contributed by atoms with Gasteiger partial charge in [-0.2, -0.15) is 0 Å². The maximum atomic E-state index is 12.2. The maximum Gasteiger partial charge on any atom is 0.407 e. The summed E-state index contributed by atoms with van der Waals surface area (Å²) < 4.78 is 9.82. The Labute approximate surface area is 292 Å². The van der Waals surface area contributed by atoms with Crippen molar-refractivity contribution in [1.82, 2.24) is 24.4 Å². The molecule has 1 N–H and O–H groups in total. The summed E-state index contributed by atoms with van der Waals surface area (Å²) in [5, 5.41) is 2.82. The van der Waals surface area contributed by atoms with E-state index in [0.29, 0.717) is 6.54 Å². The van der Waals surface area contributed by atoms with E-state index in [0.717, 1.165) is 54.3 Å². The van der Waals surface area contributed by atoms with E-state index in [9.17, 15) is 4.79 Å². The van der Waals surface area contributed by atoms with E-state index in [1.165, 1.54) is 45.0 Å². The molecule has 4 heterocycles. The molecule has 0 bridgehead atoms. The minimum Gasteiger partial charge on any atom is -0.444 e. The van der Waals surface area contributed by atoms with Crippen LogP contribution in [0.5, 0.6) is 0 Å². The number of benzene rings is 1. The van der Waals surface area contributed by atoms with Gasteiger partial charge in [-0.25, -0.2) is 14.8 Å². The zero-order chi connectivity index (χ0) is 35.3. The normalized spacial score (nSPS) is 11.8. The molecule has 0 saturated carbocycles. The predicted octanol–water partition coefficient (Wildman–Crippen LogP) is 9.02. The second-order valence-corrected chi connectivity index (χ2v) is 14.3. The van der Waals surface area contributed by atoms with Gasteiger partial charge in [0, 0.05) is 40.7 Å². The molecular formula is C42H51N5O2. The third-order valence-electron chi connectivity index (χ3n) is 8.51. The predicted molar refractivity (Wildman–Crippen MR) is 200 cm³/mol. The van der Waals surface area contributed by atoms with Crippen LogP contribution in [0.4, 0.5) is 4.79 Å². The Morgan fingerprint density at radius 2 is 1.12 bits per heavy atom. The van der Waals surface area contributed by atoms with Gasteiger partial charge in [-0.05, 0) is 164 Å². The van der Waals surface area contributed by atoms with E-state index in [2.05, 4.69) is 129 Å². The summed E-state index contributed by atoms with van der Waals surface area (Å²) in [6.45, 7) is 18.7. The summed E-state index contributed by atoms with van der Waals surface area (Å²) in [5.74, 6) is 1.94. The molecule has 0 unspecified atom stereocenters. The molecule has 49 heavy (non-hydrogen) atoms. The first kappa shape index (κ1) is 35.4. The Morgan fingerprint density at radius 1 is 0.673 bits per heavy atom. The van der Waals surface area contributed by atoms with Gasteiger partial charge in [-0.15, -0.1) is 0 Å². The number of alkyl carbamates (subject to hydrolysis) is 1. The molecule has 7 heteroatoms. The average molecular weight is 658 g/mol. The van der Waals surface area contributed by atoms with Crippen molar-refractivity contribution < 1.29 is 9.53 Å². The molecule has 0 spiro atoms. The lowest BCUT2D eigenvalue weighted by molar-refractivity contribution is 0.0534. The van der Waals surface area contributed by atoms with Crippen molar-refractivity contribution in [3.05, 3.63) is 135 Å². The molecule has 0 atom stereocenters. The van der Waals surface area contributed by atoms with E-state index in [1.807, 2.05) is 26.8 Å². The highest BCUT2D eigenvalue weighted by atomic mass is 16.6. The molecule has 5 aromatic rings. The van der Waals surface area contributed by atoms with Crippen molar-refractivity contribution in [3.8, 4) is 11.6 Å². The van der Waals surface area contributed by atoms with Crippen LogP contribution in [-0.2, 0) is 30.4 Å². The van der Waals surface area contributed by atoms with E-state index in [-0.39, 0.29) is 0 Å². The van der Waals surface area contributed by atoms with E-state index >= 15 is 0 Å². The van der Waals surface area contributed by atoms with Crippen LogP contribution in [0.25, 0.3) is 17.7 Å². The molecule has 4 aromatic heterocycles.